The molecule has 1 aliphatic heterocycles. The van der Waals surface area contributed by atoms with Crippen molar-refractivity contribution in [1.29, 1.82) is 0 Å². The second-order valence-corrected chi connectivity index (χ2v) is 17.8. The first kappa shape index (κ1) is 40.9. The van der Waals surface area contributed by atoms with E-state index in [0.717, 1.165) is 62.5 Å². The average molecular weight is 861 g/mol. The van der Waals surface area contributed by atoms with Gasteiger partial charge >= 0.3 is 0 Å². The van der Waals surface area contributed by atoms with Crippen LogP contribution in [0.2, 0.25) is 0 Å². The lowest BCUT2D eigenvalue weighted by Crippen LogP contribution is -2.30. The maximum atomic E-state index is 15.7. The number of anilines is 5. The number of fused-ring (bicyclic) bond motifs is 5. The molecule has 0 aromatic heterocycles. The van der Waals surface area contributed by atoms with E-state index in [2.05, 4.69) is 188 Å². The largest absolute Gasteiger partial charge is 0.493 e. The molecule has 4 aliphatic rings. The molecule has 0 bridgehead atoms. The molecule has 322 valence electrons. The lowest BCUT2D eigenvalue weighted by atomic mass is 9.73. The number of para-hydroxylation sites is 2. The smallest absolute Gasteiger partial charge is 0.136 e. The van der Waals surface area contributed by atoms with Gasteiger partial charge in [0.15, 0.2) is 0 Å². The van der Waals surface area contributed by atoms with Crippen LogP contribution in [0.4, 0.5) is 32.8 Å². The first-order valence-corrected chi connectivity index (χ1v) is 22.7. The van der Waals surface area contributed by atoms with Crippen LogP contribution < -0.4 is 14.5 Å². The molecule has 7 aromatic carbocycles. The molecule has 11 rings (SSSR count). The van der Waals surface area contributed by atoms with E-state index in [1.807, 2.05) is 54.6 Å². The summed E-state index contributed by atoms with van der Waals surface area (Å²) in [6.07, 6.45) is 16.9. The van der Waals surface area contributed by atoms with Gasteiger partial charge in [-0.2, -0.15) is 0 Å². The number of rotatable bonds is 11. The highest BCUT2D eigenvalue weighted by atomic mass is 19.1. The Balaban J connectivity index is 0.908. The molecule has 0 N–H and O–H groups in total. The fraction of sp³-hybridized carbons (Fsp3) is 0.115. The van der Waals surface area contributed by atoms with Crippen LogP contribution in [0.3, 0.4) is 0 Å². The van der Waals surface area contributed by atoms with Crippen molar-refractivity contribution in [1.82, 2.24) is 0 Å². The third kappa shape index (κ3) is 7.27. The van der Waals surface area contributed by atoms with E-state index >= 15 is 4.39 Å². The summed E-state index contributed by atoms with van der Waals surface area (Å²) in [5.41, 5.74) is 14.6. The molecule has 1 heterocycles. The van der Waals surface area contributed by atoms with Gasteiger partial charge in [-0.25, -0.2) is 4.39 Å². The number of benzene rings is 7. The Labute approximate surface area is 386 Å². The summed E-state index contributed by atoms with van der Waals surface area (Å²) in [4.78, 5) is 4.48. The van der Waals surface area contributed by atoms with E-state index in [-0.39, 0.29) is 23.1 Å². The van der Waals surface area contributed by atoms with Crippen LogP contribution in [0, 0.1) is 17.7 Å². The van der Waals surface area contributed by atoms with Crippen LogP contribution in [0.5, 0.6) is 5.75 Å². The van der Waals surface area contributed by atoms with Gasteiger partial charge in [0.1, 0.15) is 29.7 Å². The Bertz CT molecular complexity index is 3140. The van der Waals surface area contributed by atoms with Gasteiger partial charge in [0.05, 0.1) is 5.92 Å². The summed E-state index contributed by atoms with van der Waals surface area (Å²) in [5, 5.41) is 0. The number of ether oxygens (including phenoxy) is 2. The van der Waals surface area contributed by atoms with E-state index in [0.29, 0.717) is 12.2 Å². The van der Waals surface area contributed by atoms with Crippen LogP contribution in [-0.2, 0) is 10.2 Å². The third-order valence-electron chi connectivity index (χ3n) is 13.4. The molecule has 66 heavy (non-hydrogen) atoms. The molecular formula is C61H49FN2O2. The number of halogens is 1. The highest BCUT2D eigenvalue weighted by Crippen LogP contribution is 2.54. The number of hydrogen-bond donors (Lipinski definition) is 0. The summed E-state index contributed by atoms with van der Waals surface area (Å²) < 4.78 is 29.1. The zero-order chi connectivity index (χ0) is 44.8. The zero-order valence-electron chi connectivity index (χ0n) is 37.2. The standard InChI is InChI=1S/C61H49FN2O2/c1-41(63(43-21-9-5-10-22-43)44-23-11-6-12-24-44)18-15-16-37-65-57-36-34-51-50-33-30-47(40-59(50)66-58-28-17-26-52(57)60(51)58)64(45-31-35-56(62)53(38-45)42-19-7-4-8-20-42)46-29-32-49-48-25-13-14-27-54(48)61(2,3)55(49)39-46/h4-36,38-40,52,60H,37H2,1-3H3/b16-15-,41-18+. The lowest BCUT2D eigenvalue weighted by molar-refractivity contribution is 0.196. The fourth-order valence-corrected chi connectivity index (χ4v) is 10.2. The predicted octanol–water partition coefficient (Wildman–Crippen LogP) is 15.9. The molecule has 0 saturated heterocycles. The van der Waals surface area contributed by atoms with Crippen molar-refractivity contribution in [3.8, 4) is 28.0 Å². The van der Waals surface area contributed by atoms with Crippen LogP contribution in [0.25, 0.3) is 27.8 Å². The predicted molar refractivity (Wildman–Crippen MR) is 269 cm³/mol. The number of allylic oxidation sites excluding steroid dienone is 9. The summed E-state index contributed by atoms with van der Waals surface area (Å²) in [6.45, 7) is 7.15. The highest BCUT2D eigenvalue weighted by molar-refractivity contribution is 5.88. The van der Waals surface area contributed by atoms with Crippen molar-refractivity contribution in [2.75, 3.05) is 16.4 Å². The van der Waals surface area contributed by atoms with Crippen molar-refractivity contribution < 1.29 is 13.9 Å². The molecule has 2 atom stereocenters. The minimum Gasteiger partial charge on any atom is -0.493 e. The van der Waals surface area contributed by atoms with E-state index < -0.39 is 0 Å². The molecular weight excluding hydrogens is 812 g/mol. The van der Waals surface area contributed by atoms with Crippen molar-refractivity contribution in [2.24, 2.45) is 11.8 Å². The Morgan fingerprint density at radius 3 is 2.03 bits per heavy atom. The van der Waals surface area contributed by atoms with Crippen LogP contribution >= 0.6 is 0 Å². The topological polar surface area (TPSA) is 24.9 Å². The second kappa shape index (κ2) is 16.9. The summed E-state index contributed by atoms with van der Waals surface area (Å²) in [6, 6.07) is 57.9. The fourth-order valence-electron chi connectivity index (χ4n) is 10.2. The molecule has 7 aromatic rings. The van der Waals surface area contributed by atoms with Crippen LogP contribution in [0.15, 0.2) is 236 Å². The van der Waals surface area contributed by atoms with Gasteiger partial charge in [-0.15, -0.1) is 0 Å². The zero-order valence-corrected chi connectivity index (χ0v) is 37.2. The molecule has 2 unspecified atom stereocenters. The maximum absolute atomic E-state index is 15.7. The Morgan fingerprint density at radius 1 is 0.636 bits per heavy atom. The Kier molecular flexibility index (Phi) is 10.5. The molecule has 0 amide bonds. The van der Waals surface area contributed by atoms with Crippen LogP contribution in [-0.4, -0.2) is 6.61 Å². The minimum atomic E-state index is -0.264. The monoisotopic (exact) mass is 860 g/mol. The van der Waals surface area contributed by atoms with Gasteiger partial charge in [0, 0.05) is 62.7 Å². The Hall–Kier alpha value is -7.89. The molecule has 3 aliphatic carbocycles. The molecule has 0 spiro atoms. The summed E-state index contributed by atoms with van der Waals surface area (Å²) in [7, 11) is 0. The molecule has 0 radical (unpaired) electrons. The summed E-state index contributed by atoms with van der Waals surface area (Å²) in [5.74, 6) is 2.31. The molecule has 0 fully saturated rings. The van der Waals surface area contributed by atoms with Crippen molar-refractivity contribution in [2.45, 2.75) is 26.2 Å². The quantitative estimate of drug-likeness (QED) is 0.121. The van der Waals surface area contributed by atoms with Crippen LogP contribution in [0.1, 0.15) is 37.5 Å². The maximum Gasteiger partial charge on any atom is 0.136 e. The SMILES string of the molecule is C/C(=C\C=C/COC1=CC=C2c3ccc(N(c4ccc(F)c(-c5ccccc5)c4)c4ccc5c(c4)C(C)(C)c4ccccc4-5)cc3OC3=CC=CC1C32)N(c1ccccc1)c1ccccc1. The van der Waals surface area contributed by atoms with E-state index in [9.17, 15) is 0 Å². The number of nitrogens with zero attached hydrogens (tertiary/aromatic N) is 2. The highest BCUT2D eigenvalue weighted by Gasteiger charge is 2.41. The summed E-state index contributed by atoms with van der Waals surface area (Å²) >= 11 is 0. The lowest BCUT2D eigenvalue weighted by Gasteiger charge is -2.39. The first-order chi connectivity index (χ1) is 32.3. The van der Waals surface area contributed by atoms with E-state index in [1.54, 1.807) is 6.07 Å². The molecule has 4 nitrogen and oxygen atoms in total. The second-order valence-electron chi connectivity index (χ2n) is 17.8. The minimum absolute atomic E-state index is 0.00108. The molecule has 5 heteroatoms. The molecule has 0 saturated carbocycles. The van der Waals surface area contributed by atoms with Crippen molar-refractivity contribution in [3.05, 3.63) is 258 Å². The van der Waals surface area contributed by atoms with E-state index in [4.69, 9.17) is 9.47 Å². The Morgan fingerprint density at radius 2 is 1.27 bits per heavy atom. The van der Waals surface area contributed by atoms with Crippen molar-refractivity contribution in [3.63, 3.8) is 0 Å². The van der Waals surface area contributed by atoms with Crippen molar-refractivity contribution >= 4 is 34.0 Å². The van der Waals surface area contributed by atoms with Gasteiger partial charge in [0.2, 0.25) is 0 Å². The van der Waals surface area contributed by atoms with Gasteiger partial charge in [-0.1, -0.05) is 135 Å². The van der Waals surface area contributed by atoms with Gasteiger partial charge in [0.25, 0.3) is 0 Å². The number of hydrogen-bond acceptors (Lipinski definition) is 4. The normalized spacial score (nSPS) is 17.3. The van der Waals surface area contributed by atoms with E-state index in [1.165, 1.54) is 27.8 Å². The van der Waals surface area contributed by atoms with Gasteiger partial charge in [-0.3, -0.25) is 0 Å². The van der Waals surface area contributed by atoms with Gasteiger partial charge < -0.3 is 19.3 Å². The first-order valence-electron chi connectivity index (χ1n) is 22.7. The van der Waals surface area contributed by atoms with Gasteiger partial charge in [-0.05, 0) is 131 Å². The average Bonchev–Trinajstić information content (AvgIpc) is 3.58. The third-order valence-corrected chi connectivity index (χ3v) is 13.4.